The Labute approximate surface area is 152 Å². The largest absolute Gasteiger partial charge is 0.490 e. The van der Waals surface area contributed by atoms with Crippen LogP contribution in [0.15, 0.2) is 36.4 Å². The van der Waals surface area contributed by atoms with Crippen LogP contribution in [0.5, 0.6) is 5.75 Å². The van der Waals surface area contributed by atoms with Crippen molar-refractivity contribution in [3.63, 3.8) is 0 Å². The number of H-pyrrole nitrogens is 1. The number of benzene rings is 1. The van der Waals surface area contributed by atoms with E-state index in [1.54, 1.807) is 18.2 Å². The third-order valence-electron chi connectivity index (χ3n) is 3.59. The van der Waals surface area contributed by atoms with Crippen LogP contribution >= 0.6 is 0 Å². The number of pyridine rings is 1. The third kappa shape index (κ3) is 3.89. The van der Waals surface area contributed by atoms with Gasteiger partial charge in [0.05, 0.1) is 11.8 Å². The lowest BCUT2D eigenvalue weighted by molar-refractivity contribution is -0.141. The molecule has 0 aliphatic heterocycles. The van der Waals surface area contributed by atoms with Crippen molar-refractivity contribution in [1.82, 2.24) is 20.4 Å². The number of rotatable bonds is 4. The number of aromatic amines is 1. The van der Waals surface area contributed by atoms with E-state index in [0.717, 1.165) is 6.07 Å². The van der Waals surface area contributed by atoms with Crippen LogP contribution in [0.3, 0.4) is 0 Å². The zero-order valence-corrected chi connectivity index (χ0v) is 14.4. The molecule has 3 aromatic rings. The van der Waals surface area contributed by atoms with Gasteiger partial charge in [0, 0.05) is 11.1 Å². The summed E-state index contributed by atoms with van der Waals surface area (Å²) in [5, 5.41) is 19.2. The van der Waals surface area contributed by atoms with Gasteiger partial charge in [0.2, 0.25) is 0 Å². The average Bonchev–Trinajstić information content (AvgIpc) is 3.09. The number of hydrogen-bond acceptors (Lipinski definition) is 5. The fourth-order valence-corrected chi connectivity index (χ4v) is 2.48. The van der Waals surface area contributed by atoms with Crippen LogP contribution in [0.25, 0.3) is 22.5 Å². The average molecular weight is 373 g/mol. The van der Waals surface area contributed by atoms with Crippen LogP contribution in [0, 0.1) is 11.3 Å². The van der Waals surface area contributed by atoms with E-state index >= 15 is 0 Å². The molecule has 138 valence electrons. The molecule has 2 aromatic heterocycles. The molecular weight excluding hydrogens is 359 g/mol. The molecule has 0 bridgehead atoms. The number of aromatic nitrogens is 4. The Balaban J connectivity index is 2.14. The van der Waals surface area contributed by atoms with Crippen molar-refractivity contribution >= 4 is 0 Å². The number of hydrogen-bond donors (Lipinski definition) is 1. The molecule has 0 saturated carbocycles. The first kappa shape index (κ1) is 18.4. The van der Waals surface area contributed by atoms with Crippen molar-refractivity contribution in [3.05, 3.63) is 47.8 Å². The molecule has 0 fully saturated rings. The Morgan fingerprint density at radius 1 is 1.19 bits per heavy atom. The summed E-state index contributed by atoms with van der Waals surface area (Å²) in [5.41, 5.74) is 0.400. The summed E-state index contributed by atoms with van der Waals surface area (Å²) >= 11 is 0. The first-order valence-electron chi connectivity index (χ1n) is 7.96. The Morgan fingerprint density at radius 3 is 2.63 bits per heavy atom. The minimum atomic E-state index is -4.54. The van der Waals surface area contributed by atoms with Gasteiger partial charge in [-0.3, -0.25) is 0 Å². The Morgan fingerprint density at radius 2 is 1.96 bits per heavy atom. The minimum absolute atomic E-state index is 0.123. The van der Waals surface area contributed by atoms with Crippen LogP contribution in [-0.2, 0) is 6.18 Å². The van der Waals surface area contributed by atoms with Crippen molar-refractivity contribution in [2.45, 2.75) is 26.1 Å². The molecule has 0 unspecified atom stereocenters. The molecule has 0 amide bonds. The van der Waals surface area contributed by atoms with Crippen molar-refractivity contribution in [1.29, 1.82) is 5.26 Å². The number of nitriles is 1. The smallest absolute Gasteiger partial charge is 0.433 e. The highest BCUT2D eigenvalue weighted by atomic mass is 19.4. The number of alkyl halides is 3. The monoisotopic (exact) mass is 373 g/mol. The fraction of sp³-hybridized carbons (Fsp3) is 0.222. The van der Waals surface area contributed by atoms with E-state index < -0.39 is 11.9 Å². The third-order valence-corrected chi connectivity index (χ3v) is 3.59. The van der Waals surface area contributed by atoms with Crippen LogP contribution in [-0.4, -0.2) is 26.5 Å². The van der Waals surface area contributed by atoms with Gasteiger partial charge in [-0.15, -0.1) is 5.10 Å². The van der Waals surface area contributed by atoms with E-state index in [1.807, 2.05) is 19.9 Å². The SMILES string of the molecule is CC(C)Oc1ccc(-c2cccc(C(F)(F)F)n2)cc1-c1nn[nH]c1C#N. The van der Waals surface area contributed by atoms with Crippen LogP contribution in [0.1, 0.15) is 25.2 Å². The maximum Gasteiger partial charge on any atom is 0.433 e. The zero-order chi connectivity index (χ0) is 19.6. The molecule has 0 atom stereocenters. The molecule has 1 aromatic carbocycles. The van der Waals surface area contributed by atoms with Gasteiger partial charge in [-0.1, -0.05) is 11.3 Å². The second-order valence-electron chi connectivity index (χ2n) is 5.93. The van der Waals surface area contributed by atoms with Gasteiger partial charge in [0.1, 0.15) is 23.2 Å². The first-order valence-corrected chi connectivity index (χ1v) is 7.96. The van der Waals surface area contributed by atoms with E-state index in [2.05, 4.69) is 20.4 Å². The number of halogens is 3. The van der Waals surface area contributed by atoms with Crippen molar-refractivity contribution in [2.24, 2.45) is 0 Å². The van der Waals surface area contributed by atoms with Gasteiger partial charge >= 0.3 is 6.18 Å². The maximum absolute atomic E-state index is 13.0. The molecule has 3 rings (SSSR count). The van der Waals surface area contributed by atoms with Gasteiger partial charge in [0.15, 0.2) is 5.69 Å². The molecule has 0 saturated heterocycles. The van der Waals surface area contributed by atoms with Gasteiger partial charge in [-0.05, 0) is 44.2 Å². The Kier molecular flexibility index (Phi) is 4.81. The van der Waals surface area contributed by atoms with E-state index in [4.69, 9.17) is 4.74 Å². The normalized spacial score (nSPS) is 11.4. The lowest BCUT2D eigenvalue weighted by Gasteiger charge is -2.15. The van der Waals surface area contributed by atoms with Gasteiger partial charge in [-0.25, -0.2) is 10.1 Å². The van der Waals surface area contributed by atoms with Crippen molar-refractivity contribution in [2.75, 3.05) is 0 Å². The minimum Gasteiger partial charge on any atom is -0.490 e. The second kappa shape index (κ2) is 7.07. The van der Waals surface area contributed by atoms with E-state index in [-0.39, 0.29) is 23.2 Å². The van der Waals surface area contributed by atoms with Crippen LogP contribution in [0.2, 0.25) is 0 Å². The van der Waals surface area contributed by atoms with Gasteiger partial charge < -0.3 is 4.74 Å². The molecule has 0 radical (unpaired) electrons. The Hall–Kier alpha value is -3.41. The quantitative estimate of drug-likeness (QED) is 0.740. The predicted octanol–water partition coefficient (Wildman–Crippen LogP) is 4.21. The summed E-state index contributed by atoms with van der Waals surface area (Å²) in [6, 6.07) is 10.4. The molecular formula is C18H14F3N5O. The topological polar surface area (TPSA) is 87.5 Å². The summed E-state index contributed by atoms with van der Waals surface area (Å²) in [7, 11) is 0. The summed E-state index contributed by atoms with van der Waals surface area (Å²) in [6.45, 7) is 3.67. The zero-order valence-electron chi connectivity index (χ0n) is 14.4. The molecule has 27 heavy (non-hydrogen) atoms. The lowest BCUT2D eigenvalue weighted by atomic mass is 10.0. The maximum atomic E-state index is 13.0. The molecule has 6 nitrogen and oxygen atoms in total. The van der Waals surface area contributed by atoms with E-state index in [1.165, 1.54) is 12.1 Å². The number of nitrogens with one attached hydrogen (secondary N) is 1. The first-order chi connectivity index (χ1) is 12.8. The molecule has 2 heterocycles. The van der Waals surface area contributed by atoms with Crippen LogP contribution in [0.4, 0.5) is 13.2 Å². The van der Waals surface area contributed by atoms with E-state index in [0.29, 0.717) is 16.9 Å². The Bertz CT molecular complexity index is 1000. The summed E-state index contributed by atoms with van der Waals surface area (Å²) in [6.07, 6.45) is -4.70. The molecule has 9 heteroatoms. The summed E-state index contributed by atoms with van der Waals surface area (Å²) in [5.74, 6) is 0.436. The highest BCUT2D eigenvalue weighted by Crippen LogP contribution is 2.35. The van der Waals surface area contributed by atoms with Gasteiger partial charge in [0.25, 0.3) is 0 Å². The van der Waals surface area contributed by atoms with Crippen LogP contribution < -0.4 is 4.74 Å². The standard InChI is InChI=1S/C18H14F3N5O/c1-10(2)27-15-7-6-11(8-12(15)17-14(9-22)24-26-25-17)13-4-3-5-16(23-13)18(19,20)21/h3-8,10H,1-2H3,(H,24,25,26). The fourth-order valence-electron chi connectivity index (χ4n) is 2.48. The predicted molar refractivity (Wildman–Crippen MR) is 90.5 cm³/mol. The molecule has 1 N–H and O–H groups in total. The highest BCUT2D eigenvalue weighted by Gasteiger charge is 2.32. The molecule has 0 aliphatic rings. The number of ether oxygens (including phenoxy) is 1. The highest BCUT2D eigenvalue weighted by molar-refractivity contribution is 5.76. The number of nitrogens with zero attached hydrogens (tertiary/aromatic N) is 4. The van der Waals surface area contributed by atoms with Gasteiger partial charge in [-0.2, -0.15) is 18.4 Å². The molecule has 0 aliphatic carbocycles. The van der Waals surface area contributed by atoms with Crippen molar-refractivity contribution in [3.8, 4) is 34.3 Å². The lowest BCUT2D eigenvalue weighted by Crippen LogP contribution is -2.08. The summed E-state index contributed by atoms with van der Waals surface area (Å²) in [4.78, 5) is 3.70. The molecule has 0 spiro atoms. The second-order valence-corrected chi connectivity index (χ2v) is 5.93. The van der Waals surface area contributed by atoms with E-state index in [9.17, 15) is 18.4 Å². The summed E-state index contributed by atoms with van der Waals surface area (Å²) < 4.78 is 44.6. The van der Waals surface area contributed by atoms with Crippen molar-refractivity contribution < 1.29 is 17.9 Å².